The van der Waals surface area contributed by atoms with Crippen molar-refractivity contribution in [3.63, 3.8) is 0 Å². The van der Waals surface area contributed by atoms with Crippen LogP contribution in [0.4, 0.5) is 18.9 Å². The second-order valence-corrected chi connectivity index (χ2v) is 8.67. The van der Waals surface area contributed by atoms with Gasteiger partial charge in [-0.05, 0) is 59.3 Å². The van der Waals surface area contributed by atoms with E-state index in [2.05, 4.69) is 20.3 Å². The predicted octanol–water partition coefficient (Wildman–Crippen LogP) is 6.83. The molecule has 0 saturated carbocycles. The minimum Gasteiger partial charge on any atom is -0.457 e. The van der Waals surface area contributed by atoms with Gasteiger partial charge < -0.3 is 20.1 Å². The number of carbonyl (C=O) groups excluding carboxylic acids is 1. The Morgan fingerprint density at radius 3 is 2.53 bits per heavy atom. The van der Waals surface area contributed by atoms with E-state index in [0.29, 0.717) is 34.1 Å². The topological polar surface area (TPSA) is 100 Å². The fourth-order valence-electron chi connectivity index (χ4n) is 3.76. The van der Waals surface area contributed by atoms with Gasteiger partial charge in [0.15, 0.2) is 5.82 Å². The monoisotopic (exact) mass is 538 g/mol. The van der Waals surface area contributed by atoms with Gasteiger partial charge in [-0.1, -0.05) is 23.7 Å². The van der Waals surface area contributed by atoms with E-state index in [1.54, 1.807) is 48.7 Å². The molecule has 0 unspecified atom stereocenters. The molecule has 0 radical (unpaired) electrons. The van der Waals surface area contributed by atoms with Gasteiger partial charge in [0.1, 0.15) is 17.2 Å². The van der Waals surface area contributed by atoms with Crippen LogP contribution in [0.25, 0.3) is 22.3 Å². The van der Waals surface area contributed by atoms with Crippen molar-refractivity contribution in [2.24, 2.45) is 0 Å². The maximum absolute atomic E-state index is 13.2. The normalized spacial score (nSPS) is 11.5. The maximum atomic E-state index is 13.2. The first-order valence-electron chi connectivity index (χ1n) is 11.2. The predicted molar refractivity (Wildman–Crippen MR) is 136 cm³/mol. The largest absolute Gasteiger partial charge is 0.457 e. The number of hydrogen-bond acceptors (Lipinski definition) is 5. The molecule has 7 nitrogen and oxygen atoms in total. The number of pyridine rings is 1. The number of amides is 1. The number of ether oxygens (including phenoxy) is 1. The van der Waals surface area contributed by atoms with Crippen molar-refractivity contribution in [2.75, 3.05) is 5.32 Å². The number of benzene rings is 3. The van der Waals surface area contributed by atoms with Crippen molar-refractivity contribution in [3.05, 3.63) is 101 Å². The number of nitrogens with zero attached hydrogens (tertiary/aromatic N) is 2. The number of aliphatic hydroxyl groups excluding tert-OH is 1. The molecule has 1 amide bonds. The molecular weight excluding hydrogens is 521 g/mol. The summed E-state index contributed by atoms with van der Waals surface area (Å²) in [5.74, 6) is 0.897. The number of rotatable bonds is 6. The number of anilines is 1. The molecule has 3 N–H and O–H groups in total. The fourth-order valence-corrected chi connectivity index (χ4v) is 3.99. The van der Waals surface area contributed by atoms with Crippen LogP contribution in [0, 0.1) is 0 Å². The molecule has 0 aliphatic carbocycles. The van der Waals surface area contributed by atoms with Crippen LogP contribution in [0.2, 0.25) is 5.02 Å². The van der Waals surface area contributed by atoms with Crippen LogP contribution in [0.5, 0.6) is 11.5 Å². The highest BCUT2D eigenvalue weighted by Crippen LogP contribution is 2.36. The van der Waals surface area contributed by atoms with E-state index in [0.717, 1.165) is 17.5 Å². The summed E-state index contributed by atoms with van der Waals surface area (Å²) in [6.07, 6.45) is -1.56. The molecule has 38 heavy (non-hydrogen) atoms. The SMILES string of the molecule is O=C(Nc1ccc(Cl)c(C(F)(F)F)c1)c1ccc2ccc(Oc3ccnc(-c4ncc(CO)[nH]4)c3)cc2c1. The lowest BCUT2D eigenvalue weighted by Gasteiger charge is -2.12. The first kappa shape index (κ1) is 25.2. The third kappa shape index (κ3) is 5.46. The fraction of sp³-hybridized carbons (Fsp3) is 0.0741. The number of fused-ring (bicyclic) bond motifs is 1. The van der Waals surface area contributed by atoms with Gasteiger partial charge in [-0.15, -0.1) is 0 Å². The number of carbonyl (C=O) groups is 1. The highest BCUT2D eigenvalue weighted by Gasteiger charge is 2.33. The Morgan fingerprint density at radius 2 is 1.76 bits per heavy atom. The van der Waals surface area contributed by atoms with Gasteiger partial charge in [0.25, 0.3) is 5.91 Å². The van der Waals surface area contributed by atoms with Gasteiger partial charge in [0, 0.05) is 23.5 Å². The second kappa shape index (κ2) is 10.2. The number of imidazole rings is 1. The van der Waals surface area contributed by atoms with Gasteiger partial charge in [-0.2, -0.15) is 13.2 Å². The van der Waals surface area contributed by atoms with Crippen LogP contribution in [0.3, 0.4) is 0 Å². The van der Waals surface area contributed by atoms with Gasteiger partial charge in [-0.25, -0.2) is 4.98 Å². The molecule has 0 aliphatic rings. The lowest BCUT2D eigenvalue weighted by atomic mass is 10.1. The standard InChI is InChI=1S/C27H18ClF3N4O3/c28-23-6-4-18(11-22(23)27(29,30)31)35-26(37)16-2-1-15-3-5-20(10-17(15)9-16)38-21-7-8-32-24(12-21)25-33-13-19(14-36)34-25/h1-13,36H,14H2,(H,33,34)(H,35,37). The molecule has 2 heterocycles. The number of aromatic amines is 1. The zero-order valence-electron chi connectivity index (χ0n) is 19.4. The van der Waals surface area contributed by atoms with Crippen molar-refractivity contribution in [3.8, 4) is 23.0 Å². The Morgan fingerprint density at radius 1 is 0.974 bits per heavy atom. The maximum Gasteiger partial charge on any atom is 0.417 e. The molecule has 5 aromatic rings. The Labute approximate surface area is 218 Å². The first-order valence-corrected chi connectivity index (χ1v) is 11.6. The first-order chi connectivity index (χ1) is 18.2. The van der Waals surface area contributed by atoms with Crippen LogP contribution in [0.15, 0.2) is 79.1 Å². The number of nitrogens with one attached hydrogen (secondary N) is 2. The number of alkyl halides is 3. The third-order valence-corrected chi connectivity index (χ3v) is 5.94. The molecule has 3 aromatic carbocycles. The molecule has 0 fully saturated rings. The summed E-state index contributed by atoms with van der Waals surface area (Å²) >= 11 is 5.66. The molecule has 2 aromatic heterocycles. The van der Waals surface area contributed by atoms with Gasteiger partial charge in [0.2, 0.25) is 0 Å². The van der Waals surface area contributed by atoms with Crippen LogP contribution >= 0.6 is 11.6 Å². The Balaban J connectivity index is 1.36. The van der Waals surface area contributed by atoms with Gasteiger partial charge in [0.05, 0.1) is 29.1 Å². The Hall–Kier alpha value is -4.41. The third-order valence-electron chi connectivity index (χ3n) is 5.61. The average molecular weight is 539 g/mol. The minimum atomic E-state index is -4.65. The quantitative estimate of drug-likeness (QED) is 0.220. The number of hydrogen-bond donors (Lipinski definition) is 3. The van der Waals surface area contributed by atoms with Crippen LogP contribution in [0.1, 0.15) is 21.6 Å². The summed E-state index contributed by atoms with van der Waals surface area (Å²) in [6.45, 7) is -0.172. The molecule has 0 spiro atoms. The number of aliphatic hydroxyl groups is 1. The molecular formula is C27H18ClF3N4O3. The van der Waals surface area contributed by atoms with Crippen molar-refractivity contribution in [2.45, 2.75) is 12.8 Å². The highest BCUT2D eigenvalue weighted by atomic mass is 35.5. The zero-order chi connectivity index (χ0) is 26.9. The van der Waals surface area contributed by atoms with E-state index < -0.39 is 22.7 Å². The molecule has 11 heteroatoms. The van der Waals surface area contributed by atoms with Crippen molar-refractivity contribution in [1.29, 1.82) is 0 Å². The van der Waals surface area contributed by atoms with E-state index in [9.17, 15) is 23.1 Å². The number of halogens is 4. The summed E-state index contributed by atoms with van der Waals surface area (Å²) < 4.78 is 45.5. The van der Waals surface area contributed by atoms with E-state index in [1.807, 2.05) is 6.07 Å². The molecule has 0 bridgehead atoms. The minimum absolute atomic E-state index is 0.0277. The van der Waals surface area contributed by atoms with E-state index in [4.69, 9.17) is 16.3 Å². The summed E-state index contributed by atoms with van der Waals surface area (Å²) in [6, 6.07) is 16.8. The summed E-state index contributed by atoms with van der Waals surface area (Å²) in [5, 5.41) is 12.8. The van der Waals surface area contributed by atoms with Crippen LogP contribution in [-0.4, -0.2) is 26.0 Å². The number of H-pyrrole nitrogens is 1. The number of aromatic nitrogens is 3. The van der Waals surface area contributed by atoms with E-state index >= 15 is 0 Å². The molecule has 0 aliphatic heterocycles. The summed E-state index contributed by atoms with van der Waals surface area (Å²) in [7, 11) is 0. The highest BCUT2D eigenvalue weighted by molar-refractivity contribution is 6.31. The molecule has 5 rings (SSSR count). The van der Waals surface area contributed by atoms with Crippen LogP contribution in [-0.2, 0) is 12.8 Å². The molecule has 0 atom stereocenters. The Bertz CT molecular complexity index is 1650. The Kier molecular flexibility index (Phi) is 6.75. The smallest absolute Gasteiger partial charge is 0.417 e. The van der Waals surface area contributed by atoms with E-state index in [1.165, 1.54) is 12.3 Å². The lowest BCUT2D eigenvalue weighted by Crippen LogP contribution is -2.13. The molecule has 0 saturated heterocycles. The summed E-state index contributed by atoms with van der Waals surface area (Å²) in [4.78, 5) is 24.2. The second-order valence-electron chi connectivity index (χ2n) is 8.26. The molecule has 192 valence electrons. The lowest BCUT2D eigenvalue weighted by molar-refractivity contribution is -0.137. The van der Waals surface area contributed by atoms with Crippen molar-refractivity contribution >= 4 is 34.0 Å². The van der Waals surface area contributed by atoms with Crippen molar-refractivity contribution in [1.82, 2.24) is 15.0 Å². The van der Waals surface area contributed by atoms with Crippen LogP contribution < -0.4 is 10.1 Å². The van der Waals surface area contributed by atoms with Gasteiger partial charge in [-0.3, -0.25) is 9.78 Å². The average Bonchev–Trinajstić information content (AvgIpc) is 3.38. The van der Waals surface area contributed by atoms with E-state index in [-0.39, 0.29) is 17.9 Å². The summed E-state index contributed by atoms with van der Waals surface area (Å²) in [5.41, 5.74) is 0.275. The van der Waals surface area contributed by atoms with Crippen molar-refractivity contribution < 1.29 is 27.8 Å². The zero-order valence-corrected chi connectivity index (χ0v) is 20.1. The van der Waals surface area contributed by atoms with Gasteiger partial charge >= 0.3 is 6.18 Å².